The van der Waals surface area contributed by atoms with Crippen LogP contribution in [-0.4, -0.2) is 13.9 Å². The van der Waals surface area contributed by atoms with Gasteiger partial charge in [-0.05, 0) is 17.9 Å². The van der Waals surface area contributed by atoms with Crippen molar-refractivity contribution in [2.75, 3.05) is 0 Å². The van der Waals surface area contributed by atoms with E-state index in [1.807, 2.05) is 0 Å². The molecule has 1 saturated carbocycles. The molecule has 1 fully saturated rings. The third kappa shape index (κ3) is 1.88. The summed E-state index contributed by atoms with van der Waals surface area (Å²) in [5, 5.41) is 0.359. The highest BCUT2D eigenvalue weighted by Crippen LogP contribution is 2.48. The van der Waals surface area contributed by atoms with E-state index < -0.39 is 8.07 Å². The Balaban J connectivity index is 2.86. The van der Waals surface area contributed by atoms with E-state index in [0.717, 1.165) is 19.3 Å². The molecule has 2 heteroatoms. The van der Waals surface area contributed by atoms with Crippen molar-refractivity contribution in [1.82, 2.24) is 0 Å². The lowest BCUT2D eigenvalue weighted by Gasteiger charge is -2.41. The average Bonchev–Trinajstić information content (AvgIpc) is 2.32. The summed E-state index contributed by atoms with van der Waals surface area (Å²) >= 11 is 0. The summed E-state index contributed by atoms with van der Waals surface area (Å²) in [6.45, 7) is 11.6. The molecule has 1 nitrogen and oxygen atoms in total. The fraction of sp³-hybridized carbons (Fsp3) is 0.909. The average molecular weight is 198 g/mol. The molecule has 1 aliphatic rings. The molecule has 0 amide bonds. The third-order valence-corrected chi connectivity index (χ3v) is 10.3. The number of Topliss-reactive ketones (excluding diaryl/α,β-unsaturated/α-hetero) is 1. The maximum atomic E-state index is 11.7. The second kappa shape index (κ2) is 3.23. The van der Waals surface area contributed by atoms with Gasteiger partial charge in [-0.25, -0.2) is 0 Å². The molecule has 0 aliphatic heterocycles. The van der Waals surface area contributed by atoms with E-state index in [2.05, 4.69) is 33.9 Å². The quantitative estimate of drug-likeness (QED) is 0.588. The standard InChI is InChI=1S/C11H22OSi/c1-11(2,3)13(4,5)10-8-6-7-9(10)12/h10H,6-8H2,1-5H3. The summed E-state index contributed by atoms with van der Waals surface area (Å²) in [5.41, 5.74) is 0.437. The highest BCUT2D eigenvalue weighted by Gasteiger charge is 2.46. The van der Waals surface area contributed by atoms with Gasteiger partial charge in [-0.1, -0.05) is 33.9 Å². The molecule has 1 aliphatic carbocycles. The van der Waals surface area contributed by atoms with Gasteiger partial charge in [0.15, 0.2) is 0 Å². The zero-order valence-electron chi connectivity index (χ0n) is 9.61. The van der Waals surface area contributed by atoms with Crippen molar-refractivity contribution in [3.05, 3.63) is 0 Å². The van der Waals surface area contributed by atoms with Gasteiger partial charge in [0.25, 0.3) is 0 Å². The molecule has 1 unspecified atom stereocenters. The van der Waals surface area contributed by atoms with Crippen molar-refractivity contribution in [1.29, 1.82) is 0 Å². The molecule has 0 spiro atoms. The number of ketones is 1. The van der Waals surface area contributed by atoms with Crippen LogP contribution in [0.1, 0.15) is 40.0 Å². The Kier molecular flexibility index (Phi) is 2.72. The van der Waals surface area contributed by atoms with Gasteiger partial charge in [-0.2, -0.15) is 0 Å². The molecule has 13 heavy (non-hydrogen) atoms. The van der Waals surface area contributed by atoms with Gasteiger partial charge >= 0.3 is 0 Å². The van der Waals surface area contributed by atoms with Crippen LogP contribution in [0.4, 0.5) is 0 Å². The molecule has 0 saturated heterocycles. The maximum Gasteiger partial charge on any atom is 0.133 e. The Morgan fingerprint density at radius 1 is 1.31 bits per heavy atom. The summed E-state index contributed by atoms with van der Waals surface area (Å²) in [6, 6.07) is 0. The normalized spacial score (nSPS) is 25.3. The highest BCUT2D eigenvalue weighted by molar-refractivity contribution is 6.84. The van der Waals surface area contributed by atoms with Crippen LogP contribution in [0.2, 0.25) is 23.7 Å². The molecule has 1 atom stereocenters. The molecule has 76 valence electrons. The summed E-state index contributed by atoms with van der Waals surface area (Å²) in [5.74, 6) is 0.548. The van der Waals surface area contributed by atoms with E-state index in [1.54, 1.807) is 0 Å². The first-order valence-electron chi connectivity index (χ1n) is 5.29. The minimum absolute atomic E-state index is 0.359. The maximum absolute atomic E-state index is 11.7. The second-order valence-corrected chi connectivity index (χ2v) is 11.5. The lowest BCUT2D eigenvalue weighted by molar-refractivity contribution is -0.117. The summed E-state index contributed by atoms with van der Waals surface area (Å²) < 4.78 is 0. The minimum atomic E-state index is -1.38. The van der Waals surface area contributed by atoms with Gasteiger partial charge in [-0.3, -0.25) is 4.79 Å². The number of hydrogen-bond donors (Lipinski definition) is 0. The molecular formula is C11H22OSi. The highest BCUT2D eigenvalue weighted by atomic mass is 28.3. The molecule has 0 radical (unpaired) electrons. The van der Waals surface area contributed by atoms with Gasteiger partial charge in [0, 0.05) is 12.0 Å². The van der Waals surface area contributed by atoms with Crippen molar-refractivity contribution < 1.29 is 4.79 Å². The van der Waals surface area contributed by atoms with Crippen molar-refractivity contribution in [3.63, 3.8) is 0 Å². The van der Waals surface area contributed by atoms with Crippen molar-refractivity contribution in [2.45, 2.75) is 63.7 Å². The molecular weight excluding hydrogens is 176 g/mol. The second-order valence-electron chi connectivity index (χ2n) is 5.88. The molecule has 0 heterocycles. The van der Waals surface area contributed by atoms with Gasteiger partial charge in [0.1, 0.15) is 5.78 Å². The third-order valence-electron chi connectivity index (χ3n) is 4.11. The van der Waals surface area contributed by atoms with Crippen LogP contribution in [0.5, 0.6) is 0 Å². The summed E-state index contributed by atoms with van der Waals surface area (Å²) in [7, 11) is -1.38. The predicted molar refractivity (Wildman–Crippen MR) is 59.8 cm³/mol. The Labute approximate surface area is 82.9 Å². The van der Waals surface area contributed by atoms with Crippen LogP contribution < -0.4 is 0 Å². The van der Waals surface area contributed by atoms with Gasteiger partial charge < -0.3 is 0 Å². The molecule has 0 aromatic carbocycles. The first kappa shape index (κ1) is 11.0. The van der Waals surface area contributed by atoms with Crippen LogP contribution in [-0.2, 0) is 4.79 Å². The van der Waals surface area contributed by atoms with Crippen LogP contribution in [0.15, 0.2) is 0 Å². The predicted octanol–water partition coefficient (Wildman–Crippen LogP) is 3.62. The Bertz CT molecular complexity index is 213. The van der Waals surface area contributed by atoms with Crippen LogP contribution >= 0.6 is 0 Å². The van der Waals surface area contributed by atoms with Crippen LogP contribution in [0, 0.1) is 0 Å². The van der Waals surface area contributed by atoms with Gasteiger partial charge in [-0.15, -0.1) is 0 Å². The molecule has 0 N–H and O–H groups in total. The Morgan fingerprint density at radius 2 is 1.85 bits per heavy atom. The molecule has 0 aromatic heterocycles. The number of carbonyl (C=O) groups is 1. The Morgan fingerprint density at radius 3 is 2.15 bits per heavy atom. The van der Waals surface area contributed by atoms with E-state index in [-0.39, 0.29) is 0 Å². The van der Waals surface area contributed by atoms with E-state index in [4.69, 9.17) is 0 Å². The zero-order chi connectivity index (χ0) is 10.3. The summed E-state index contributed by atoms with van der Waals surface area (Å²) in [4.78, 5) is 11.7. The number of rotatable bonds is 1. The van der Waals surface area contributed by atoms with Crippen molar-refractivity contribution >= 4 is 13.9 Å². The van der Waals surface area contributed by atoms with E-state index >= 15 is 0 Å². The fourth-order valence-corrected chi connectivity index (χ4v) is 5.02. The van der Waals surface area contributed by atoms with Gasteiger partial charge in [0.2, 0.25) is 0 Å². The molecule has 1 rings (SSSR count). The van der Waals surface area contributed by atoms with Crippen LogP contribution in [0.25, 0.3) is 0 Å². The van der Waals surface area contributed by atoms with Gasteiger partial charge in [0.05, 0.1) is 8.07 Å². The van der Waals surface area contributed by atoms with E-state index in [9.17, 15) is 4.79 Å². The topological polar surface area (TPSA) is 17.1 Å². The fourth-order valence-electron chi connectivity index (χ4n) is 2.10. The largest absolute Gasteiger partial charge is 0.300 e. The van der Waals surface area contributed by atoms with Crippen LogP contribution in [0.3, 0.4) is 0 Å². The number of carbonyl (C=O) groups excluding carboxylic acids is 1. The summed E-state index contributed by atoms with van der Waals surface area (Å²) in [6.07, 6.45) is 3.14. The first-order valence-corrected chi connectivity index (χ1v) is 8.37. The lowest BCUT2D eigenvalue weighted by Crippen LogP contribution is -2.43. The SMILES string of the molecule is CC(C)(C)[Si](C)(C)C1CCCC1=O. The van der Waals surface area contributed by atoms with E-state index in [0.29, 0.717) is 16.4 Å². The van der Waals surface area contributed by atoms with Crippen molar-refractivity contribution in [2.24, 2.45) is 0 Å². The van der Waals surface area contributed by atoms with Crippen molar-refractivity contribution in [3.8, 4) is 0 Å². The smallest absolute Gasteiger partial charge is 0.133 e. The first-order chi connectivity index (χ1) is 5.77. The monoisotopic (exact) mass is 198 g/mol. The Hall–Kier alpha value is -0.113. The number of hydrogen-bond acceptors (Lipinski definition) is 1. The molecule has 0 bridgehead atoms. The zero-order valence-corrected chi connectivity index (χ0v) is 10.6. The van der Waals surface area contributed by atoms with E-state index in [1.165, 1.54) is 0 Å². The molecule has 0 aromatic rings. The minimum Gasteiger partial charge on any atom is -0.300 e. The lowest BCUT2D eigenvalue weighted by atomic mass is 10.2.